The van der Waals surface area contributed by atoms with Crippen molar-refractivity contribution in [2.75, 3.05) is 0 Å². The predicted molar refractivity (Wildman–Crippen MR) is 94.7 cm³/mol. The minimum Gasteiger partial charge on any atom is -0.357 e. The molecule has 0 aliphatic carbocycles. The van der Waals surface area contributed by atoms with Gasteiger partial charge in [-0.2, -0.15) is 5.10 Å². The van der Waals surface area contributed by atoms with Gasteiger partial charge in [-0.1, -0.05) is 41.9 Å². The molecule has 8 heteroatoms. The molecule has 3 rings (SSSR count). The van der Waals surface area contributed by atoms with Crippen LogP contribution in [0, 0.1) is 0 Å². The first kappa shape index (κ1) is 15.0. The smallest absolute Gasteiger partial charge is 0.195 e. The third-order valence-electron chi connectivity index (χ3n) is 2.90. The molecule has 0 spiro atoms. The maximum Gasteiger partial charge on any atom is 0.195 e. The van der Waals surface area contributed by atoms with Crippen LogP contribution >= 0.6 is 35.2 Å². The number of halogens is 1. The summed E-state index contributed by atoms with van der Waals surface area (Å²) in [5, 5.41) is 9.98. The van der Waals surface area contributed by atoms with E-state index in [1.54, 1.807) is 6.21 Å². The maximum absolute atomic E-state index is 6.07. The minimum atomic E-state index is 0.417. The fourth-order valence-corrected chi connectivity index (χ4v) is 2.98. The van der Waals surface area contributed by atoms with E-state index in [-0.39, 0.29) is 0 Å². The summed E-state index contributed by atoms with van der Waals surface area (Å²) in [6, 6.07) is 10.0. The molecule has 5 nitrogen and oxygen atoms in total. The van der Waals surface area contributed by atoms with Crippen LogP contribution in [0.3, 0.4) is 0 Å². The molecule has 112 valence electrons. The van der Waals surface area contributed by atoms with Crippen LogP contribution in [0.2, 0.25) is 5.15 Å². The van der Waals surface area contributed by atoms with Crippen molar-refractivity contribution in [2.24, 2.45) is 5.10 Å². The van der Waals surface area contributed by atoms with E-state index in [0.717, 1.165) is 16.2 Å². The Labute approximate surface area is 141 Å². The zero-order chi connectivity index (χ0) is 15.4. The van der Waals surface area contributed by atoms with E-state index in [1.165, 1.54) is 11.3 Å². The van der Waals surface area contributed by atoms with Crippen LogP contribution in [0.4, 0.5) is 0 Å². The summed E-state index contributed by atoms with van der Waals surface area (Å²) in [4.78, 5) is 5.06. The van der Waals surface area contributed by atoms with Crippen molar-refractivity contribution < 1.29 is 0 Å². The Hall–Kier alpha value is -1.96. The third kappa shape index (κ3) is 3.44. The SMILES string of the molecule is S=C(NCc1ccccc1)N/N=C\c1c(Cl)nc2sccn12. The molecule has 3 aromatic rings. The topological polar surface area (TPSA) is 53.7 Å². The maximum atomic E-state index is 6.07. The van der Waals surface area contributed by atoms with E-state index in [2.05, 4.69) is 20.8 Å². The van der Waals surface area contributed by atoms with Crippen molar-refractivity contribution in [1.82, 2.24) is 20.1 Å². The van der Waals surface area contributed by atoms with Crippen molar-refractivity contribution in [3.8, 4) is 0 Å². The van der Waals surface area contributed by atoms with Gasteiger partial charge in [0.1, 0.15) is 5.69 Å². The van der Waals surface area contributed by atoms with Gasteiger partial charge in [0.05, 0.1) is 6.21 Å². The van der Waals surface area contributed by atoms with Gasteiger partial charge in [0.2, 0.25) is 0 Å². The average molecular weight is 350 g/mol. The molecular weight excluding hydrogens is 338 g/mol. The monoisotopic (exact) mass is 349 g/mol. The van der Waals surface area contributed by atoms with E-state index in [1.807, 2.05) is 46.3 Å². The van der Waals surface area contributed by atoms with Gasteiger partial charge in [-0.05, 0) is 17.8 Å². The van der Waals surface area contributed by atoms with Gasteiger partial charge < -0.3 is 5.32 Å². The first-order valence-corrected chi connectivity index (χ1v) is 8.12. The van der Waals surface area contributed by atoms with Crippen LogP contribution in [0.1, 0.15) is 11.3 Å². The van der Waals surface area contributed by atoms with Crippen LogP contribution in [0.25, 0.3) is 4.96 Å². The van der Waals surface area contributed by atoms with Gasteiger partial charge in [0.15, 0.2) is 15.2 Å². The van der Waals surface area contributed by atoms with Gasteiger partial charge >= 0.3 is 0 Å². The lowest BCUT2D eigenvalue weighted by Gasteiger charge is -2.06. The number of rotatable bonds is 4. The van der Waals surface area contributed by atoms with Gasteiger partial charge in [-0.3, -0.25) is 9.83 Å². The number of imidazole rings is 1. The van der Waals surface area contributed by atoms with Crippen molar-refractivity contribution in [1.29, 1.82) is 0 Å². The standard InChI is InChI=1S/C14H12ClN5S2/c15-12-11(20-6-7-22-14(20)18-12)9-17-19-13(21)16-8-10-4-2-1-3-5-10/h1-7,9H,8H2,(H2,16,19,21)/b17-9-. The highest BCUT2D eigenvalue weighted by Crippen LogP contribution is 2.19. The van der Waals surface area contributed by atoms with Gasteiger partial charge in [0, 0.05) is 18.1 Å². The van der Waals surface area contributed by atoms with Crippen molar-refractivity contribution in [2.45, 2.75) is 6.54 Å². The zero-order valence-corrected chi connectivity index (χ0v) is 13.8. The Morgan fingerprint density at radius 3 is 3.05 bits per heavy atom. The molecule has 0 saturated heterocycles. The largest absolute Gasteiger partial charge is 0.357 e. The Kier molecular flexibility index (Phi) is 4.67. The highest BCUT2D eigenvalue weighted by molar-refractivity contribution is 7.80. The second-order valence-electron chi connectivity index (χ2n) is 4.38. The van der Waals surface area contributed by atoms with Crippen LogP contribution in [-0.4, -0.2) is 20.7 Å². The predicted octanol–water partition coefficient (Wildman–Crippen LogP) is 3.05. The summed E-state index contributed by atoms with van der Waals surface area (Å²) in [6.07, 6.45) is 3.50. The van der Waals surface area contributed by atoms with Crippen molar-refractivity contribution >= 4 is 51.4 Å². The molecule has 0 unspecified atom stereocenters. The molecule has 2 heterocycles. The lowest BCUT2D eigenvalue weighted by Crippen LogP contribution is -2.31. The number of thiocarbonyl (C=S) groups is 1. The number of aromatic nitrogens is 2. The lowest BCUT2D eigenvalue weighted by molar-refractivity contribution is 0.868. The van der Waals surface area contributed by atoms with Crippen LogP contribution in [0.15, 0.2) is 47.0 Å². The van der Waals surface area contributed by atoms with E-state index in [9.17, 15) is 0 Å². The second-order valence-corrected chi connectivity index (χ2v) is 6.02. The highest BCUT2D eigenvalue weighted by Gasteiger charge is 2.08. The first-order chi connectivity index (χ1) is 10.7. The fourth-order valence-electron chi connectivity index (χ4n) is 1.86. The van der Waals surface area contributed by atoms with Gasteiger partial charge in [0.25, 0.3) is 0 Å². The number of benzene rings is 1. The molecular formula is C14H12ClN5S2. The van der Waals surface area contributed by atoms with Gasteiger partial charge in [-0.15, -0.1) is 11.3 Å². The van der Waals surface area contributed by atoms with Crippen molar-refractivity contribution in [3.63, 3.8) is 0 Å². The van der Waals surface area contributed by atoms with E-state index >= 15 is 0 Å². The third-order valence-corrected chi connectivity index (χ3v) is 4.17. The average Bonchev–Trinajstić information content (AvgIpc) is 3.08. The molecule has 0 saturated carbocycles. The number of fused-ring (bicyclic) bond motifs is 1. The molecule has 0 amide bonds. The Morgan fingerprint density at radius 1 is 1.41 bits per heavy atom. The lowest BCUT2D eigenvalue weighted by atomic mass is 10.2. The Bertz CT molecular complexity index is 809. The molecule has 0 fully saturated rings. The molecule has 2 aromatic heterocycles. The summed E-state index contributed by atoms with van der Waals surface area (Å²) in [5.41, 5.74) is 4.64. The minimum absolute atomic E-state index is 0.417. The molecule has 0 atom stereocenters. The second kappa shape index (κ2) is 6.87. The van der Waals surface area contributed by atoms with E-state index in [0.29, 0.717) is 16.8 Å². The number of hydrazone groups is 1. The summed E-state index contributed by atoms with van der Waals surface area (Å²) in [6.45, 7) is 0.643. The Morgan fingerprint density at radius 2 is 2.23 bits per heavy atom. The highest BCUT2D eigenvalue weighted by atomic mass is 35.5. The molecule has 22 heavy (non-hydrogen) atoms. The summed E-state index contributed by atoms with van der Waals surface area (Å²) >= 11 is 12.8. The summed E-state index contributed by atoms with van der Waals surface area (Å²) in [7, 11) is 0. The van der Waals surface area contributed by atoms with E-state index in [4.69, 9.17) is 23.8 Å². The molecule has 0 bridgehead atoms. The molecule has 0 radical (unpaired) electrons. The quantitative estimate of drug-likeness (QED) is 0.432. The van der Waals surface area contributed by atoms with Gasteiger partial charge in [-0.25, -0.2) is 4.98 Å². The number of hydrogen-bond acceptors (Lipinski definition) is 4. The van der Waals surface area contributed by atoms with E-state index < -0.39 is 0 Å². The summed E-state index contributed by atoms with van der Waals surface area (Å²) < 4.78 is 1.87. The summed E-state index contributed by atoms with van der Waals surface area (Å²) in [5.74, 6) is 0. The normalized spacial score (nSPS) is 11.1. The van der Waals surface area contributed by atoms with Crippen LogP contribution in [-0.2, 0) is 6.54 Å². The fraction of sp³-hybridized carbons (Fsp3) is 0.0714. The van der Waals surface area contributed by atoms with Crippen molar-refractivity contribution in [3.05, 3.63) is 58.3 Å². The molecule has 2 N–H and O–H groups in total. The number of nitrogens with one attached hydrogen (secondary N) is 2. The molecule has 0 aliphatic heterocycles. The van der Waals surface area contributed by atoms with Crippen LogP contribution in [0.5, 0.6) is 0 Å². The number of nitrogens with zero attached hydrogens (tertiary/aromatic N) is 3. The zero-order valence-electron chi connectivity index (χ0n) is 11.4. The number of hydrogen-bond donors (Lipinski definition) is 2. The first-order valence-electron chi connectivity index (χ1n) is 6.46. The van der Waals surface area contributed by atoms with Crippen LogP contribution < -0.4 is 10.7 Å². The Balaban J connectivity index is 1.56. The number of thiazole rings is 1. The molecule has 1 aromatic carbocycles. The molecule has 0 aliphatic rings.